The van der Waals surface area contributed by atoms with E-state index in [1.54, 1.807) is 7.11 Å². The van der Waals surface area contributed by atoms with Crippen molar-refractivity contribution in [1.29, 1.82) is 0 Å². The third-order valence-electron chi connectivity index (χ3n) is 2.05. The van der Waals surface area contributed by atoms with E-state index in [0.29, 0.717) is 0 Å². The van der Waals surface area contributed by atoms with Crippen LogP contribution < -0.4 is 4.74 Å². The topological polar surface area (TPSA) is 35.0 Å². The Bertz CT molecular complexity index is 484. The number of nitrogens with zero attached hydrogens (tertiary/aromatic N) is 2. The van der Waals surface area contributed by atoms with Gasteiger partial charge in [0.2, 0.25) is 0 Å². The third kappa shape index (κ3) is 2.18. The maximum atomic E-state index is 5.19. The molecule has 0 saturated heterocycles. The predicted molar refractivity (Wildman–Crippen MR) is 64.3 cm³/mol. The first-order valence-electron chi connectivity index (χ1n) is 4.35. The fraction of sp³-hybridized carbons (Fsp3) is 0.200. The van der Waals surface area contributed by atoms with Crippen molar-refractivity contribution in [1.82, 2.24) is 9.36 Å². The molecule has 0 aliphatic carbocycles. The summed E-state index contributed by atoms with van der Waals surface area (Å²) in [6, 6.07) is 5.91. The molecule has 15 heavy (non-hydrogen) atoms. The molecule has 1 heterocycles. The van der Waals surface area contributed by atoms with Gasteiger partial charge in [0.15, 0.2) is 9.74 Å². The van der Waals surface area contributed by atoms with E-state index in [1.807, 2.05) is 25.1 Å². The van der Waals surface area contributed by atoms with Gasteiger partial charge in [0.05, 0.1) is 7.11 Å². The zero-order valence-corrected chi connectivity index (χ0v) is 10.7. The summed E-state index contributed by atoms with van der Waals surface area (Å²) in [6.45, 7) is 2.00. The lowest BCUT2D eigenvalue weighted by Gasteiger charge is -2.04. The van der Waals surface area contributed by atoms with Gasteiger partial charge in [0.25, 0.3) is 0 Å². The summed E-state index contributed by atoms with van der Waals surface area (Å²) in [5.41, 5.74) is 2.09. The molecule has 3 nitrogen and oxygen atoms in total. The van der Waals surface area contributed by atoms with Crippen molar-refractivity contribution in [3.05, 3.63) is 27.7 Å². The van der Waals surface area contributed by atoms with Gasteiger partial charge in [-0.1, -0.05) is 0 Å². The normalized spacial score (nSPS) is 10.3. The molecular formula is C10H9BrN2OS. The van der Waals surface area contributed by atoms with Gasteiger partial charge in [0, 0.05) is 5.56 Å². The lowest BCUT2D eigenvalue weighted by atomic mass is 10.1. The average Bonchev–Trinajstić information content (AvgIpc) is 2.65. The minimum Gasteiger partial charge on any atom is -0.496 e. The third-order valence-corrected chi connectivity index (χ3v) is 3.17. The van der Waals surface area contributed by atoms with E-state index < -0.39 is 0 Å². The van der Waals surface area contributed by atoms with E-state index in [-0.39, 0.29) is 0 Å². The second kappa shape index (κ2) is 4.28. The largest absolute Gasteiger partial charge is 0.496 e. The number of benzene rings is 1. The molecule has 2 rings (SSSR count). The SMILES string of the molecule is COc1ccc(-c2nsc(Br)n2)cc1C. The highest BCUT2D eigenvalue weighted by molar-refractivity contribution is 9.11. The van der Waals surface area contributed by atoms with E-state index >= 15 is 0 Å². The number of aromatic nitrogens is 2. The molecule has 2 aromatic rings. The second-order valence-electron chi connectivity index (χ2n) is 3.06. The molecule has 0 spiro atoms. The van der Waals surface area contributed by atoms with Crippen LogP contribution in [0.5, 0.6) is 5.75 Å². The van der Waals surface area contributed by atoms with Gasteiger partial charge in [0.1, 0.15) is 5.75 Å². The molecule has 0 radical (unpaired) electrons. The number of ether oxygens (including phenoxy) is 1. The van der Waals surface area contributed by atoms with E-state index in [9.17, 15) is 0 Å². The standard InChI is InChI=1S/C10H9BrN2OS/c1-6-5-7(3-4-8(6)14-2)9-12-10(11)15-13-9/h3-5H,1-2H3. The fourth-order valence-electron chi connectivity index (χ4n) is 1.34. The van der Waals surface area contributed by atoms with Crippen LogP contribution in [0.4, 0.5) is 0 Å². The summed E-state index contributed by atoms with van der Waals surface area (Å²) in [5, 5.41) is 0. The minimum absolute atomic E-state index is 0.748. The van der Waals surface area contributed by atoms with Crippen LogP contribution >= 0.6 is 27.5 Å². The Hall–Kier alpha value is -0.940. The second-order valence-corrected chi connectivity index (χ2v) is 5.08. The Balaban J connectivity index is 2.42. The zero-order valence-electron chi connectivity index (χ0n) is 8.32. The number of halogens is 1. The van der Waals surface area contributed by atoms with Crippen LogP contribution in [0.1, 0.15) is 5.56 Å². The van der Waals surface area contributed by atoms with Gasteiger partial charge in [-0.25, -0.2) is 4.98 Å². The summed E-state index contributed by atoms with van der Waals surface area (Å²) < 4.78 is 10.2. The Labute approximate surface area is 100 Å². The lowest BCUT2D eigenvalue weighted by molar-refractivity contribution is 0.412. The molecule has 5 heteroatoms. The molecule has 0 atom stereocenters. The highest BCUT2D eigenvalue weighted by Crippen LogP contribution is 2.26. The molecule has 0 fully saturated rings. The molecule has 0 saturated carbocycles. The van der Waals surface area contributed by atoms with Crippen molar-refractivity contribution < 1.29 is 4.74 Å². The smallest absolute Gasteiger partial charge is 0.179 e. The summed E-state index contributed by atoms with van der Waals surface area (Å²) in [6.07, 6.45) is 0. The molecule has 1 aromatic carbocycles. The number of hydrogen-bond donors (Lipinski definition) is 0. The first kappa shape index (κ1) is 10.6. The van der Waals surface area contributed by atoms with Crippen molar-refractivity contribution in [3.63, 3.8) is 0 Å². The monoisotopic (exact) mass is 284 g/mol. The quantitative estimate of drug-likeness (QED) is 0.849. The van der Waals surface area contributed by atoms with Crippen LogP contribution in [-0.2, 0) is 0 Å². The molecule has 0 aliphatic rings. The maximum absolute atomic E-state index is 5.19. The van der Waals surface area contributed by atoms with Gasteiger partial charge in [-0.15, -0.1) is 0 Å². The van der Waals surface area contributed by atoms with Crippen molar-refractivity contribution in [2.75, 3.05) is 7.11 Å². The van der Waals surface area contributed by atoms with Crippen LogP contribution in [0.25, 0.3) is 11.4 Å². The molecule has 1 aromatic heterocycles. The fourth-order valence-corrected chi connectivity index (χ4v) is 2.16. The molecule has 0 unspecified atom stereocenters. The highest BCUT2D eigenvalue weighted by atomic mass is 79.9. The van der Waals surface area contributed by atoms with Gasteiger partial charge in [-0.05, 0) is 58.1 Å². The molecule has 78 valence electrons. The summed E-state index contributed by atoms with van der Waals surface area (Å²) >= 11 is 4.64. The predicted octanol–water partition coefficient (Wildman–Crippen LogP) is 3.28. The van der Waals surface area contributed by atoms with Crippen LogP contribution in [0, 0.1) is 6.92 Å². The van der Waals surface area contributed by atoms with E-state index in [1.165, 1.54) is 11.5 Å². The van der Waals surface area contributed by atoms with E-state index in [0.717, 1.165) is 26.6 Å². The van der Waals surface area contributed by atoms with Crippen molar-refractivity contribution in [3.8, 4) is 17.1 Å². The number of methoxy groups -OCH3 is 1. The molecular weight excluding hydrogens is 276 g/mol. The van der Waals surface area contributed by atoms with Crippen molar-refractivity contribution >= 4 is 27.5 Å². The number of hydrogen-bond acceptors (Lipinski definition) is 4. The lowest BCUT2D eigenvalue weighted by Crippen LogP contribution is -1.88. The van der Waals surface area contributed by atoms with Gasteiger partial charge in [-0.2, -0.15) is 4.37 Å². The van der Waals surface area contributed by atoms with E-state index in [2.05, 4.69) is 25.3 Å². The Kier molecular flexibility index (Phi) is 3.02. The maximum Gasteiger partial charge on any atom is 0.179 e. The summed E-state index contributed by atoms with van der Waals surface area (Å²) in [7, 11) is 1.67. The average molecular weight is 285 g/mol. The Morgan fingerprint density at radius 3 is 2.73 bits per heavy atom. The van der Waals surface area contributed by atoms with Crippen LogP contribution in [0.2, 0.25) is 0 Å². The molecule has 0 bridgehead atoms. The van der Waals surface area contributed by atoms with Crippen LogP contribution in [-0.4, -0.2) is 16.5 Å². The van der Waals surface area contributed by atoms with Gasteiger partial charge < -0.3 is 4.74 Å². The van der Waals surface area contributed by atoms with Crippen molar-refractivity contribution in [2.45, 2.75) is 6.92 Å². The zero-order chi connectivity index (χ0) is 10.8. The number of rotatable bonds is 2. The molecule has 0 N–H and O–H groups in total. The Morgan fingerprint density at radius 1 is 1.40 bits per heavy atom. The summed E-state index contributed by atoms with van der Waals surface area (Å²) in [5.74, 6) is 1.63. The molecule has 0 aliphatic heterocycles. The highest BCUT2D eigenvalue weighted by Gasteiger charge is 2.06. The van der Waals surface area contributed by atoms with Gasteiger partial charge in [-0.3, -0.25) is 0 Å². The minimum atomic E-state index is 0.748. The molecule has 0 amide bonds. The van der Waals surface area contributed by atoms with E-state index in [4.69, 9.17) is 4.74 Å². The van der Waals surface area contributed by atoms with Crippen LogP contribution in [0.15, 0.2) is 22.1 Å². The van der Waals surface area contributed by atoms with Gasteiger partial charge >= 0.3 is 0 Å². The first-order chi connectivity index (χ1) is 7.20. The first-order valence-corrected chi connectivity index (χ1v) is 5.91. The number of aryl methyl sites for hydroxylation is 1. The Morgan fingerprint density at radius 2 is 2.20 bits per heavy atom. The van der Waals surface area contributed by atoms with Crippen LogP contribution in [0.3, 0.4) is 0 Å². The van der Waals surface area contributed by atoms with Crippen molar-refractivity contribution in [2.24, 2.45) is 0 Å². The summed E-state index contributed by atoms with van der Waals surface area (Å²) in [4.78, 5) is 4.26.